The summed E-state index contributed by atoms with van der Waals surface area (Å²) in [5.74, 6) is -1.97. The van der Waals surface area contributed by atoms with Gasteiger partial charge in [-0.05, 0) is 25.2 Å². The quantitative estimate of drug-likeness (QED) is 0.719. The Morgan fingerprint density at radius 1 is 1.39 bits per heavy atom. The Hall–Kier alpha value is -0.780. The van der Waals surface area contributed by atoms with Gasteiger partial charge in [-0.3, -0.25) is 4.79 Å². The molecule has 1 unspecified atom stereocenters. The van der Waals surface area contributed by atoms with Gasteiger partial charge in [0, 0.05) is 13.2 Å². The minimum atomic E-state index is -4.33. The zero-order valence-electron chi connectivity index (χ0n) is 10.5. The van der Waals surface area contributed by atoms with Crippen molar-refractivity contribution >= 4 is 5.97 Å². The first-order chi connectivity index (χ1) is 8.39. The van der Waals surface area contributed by atoms with E-state index >= 15 is 0 Å². The van der Waals surface area contributed by atoms with Crippen molar-refractivity contribution < 1.29 is 27.4 Å². The Kier molecular flexibility index (Phi) is 5.91. The normalized spacial score (nSPS) is 19.6. The first kappa shape index (κ1) is 15.3. The molecule has 0 radical (unpaired) electrons. The first-order valence-corrected chi connectivity index (χ1v) is 6.19. The monoisotopic (exact) mass is 268 g/mol. The van der Waals surface area contributed by atoms with Crippen LogP contribution in [-0.2, 0) is 14.3 Å². The van der Waals surface area contributed by atoms with Gasteiger partial charge in [0.25, 0.3) is 0 Å². The first-order valence-electron chi connectivity index (χ1n) is 6.19. The van der Waals surface area contributed by atoms with Crippen LogP contribution in [0.5, 0.6) is 0 Å². The van der Waals surface area contributed by atoms with Crippen LogP contribution in [0.3, 0.4) is 0 Å². The van der Waals surface area contributed by atoms with E-state index < -0.39 is 24.5 Å². The summed E-state index contributed by atoms with van der Waals surface area (Å²) in [6, 6.07) is 0. The van der Waals surface area contributed by atoms with E-state index in [4.69, 9.17) is 9.47 Å². The molecule has 1 heterocycles. The number of alkyl halides is 3. The van der Waals surface area contributed by atoms with Gasteiger partial charge in [0.2, 0.25) is 0 Å². The van der Waals surface area contributed by atoms with Crippen LogP contribution in [0, 0.1) is 11.8 Å². The molecule has 0 bridgehead atoms. The molecule has 0 saturated carbocycles. The molecule has 0 aliphatic carbocycles. The van der Waals surface area contributed by atoms with Crippen LogP contribution in [0.1, 0.15) is 32.6 Å². The zero-order chi connectivity index (χ0) is 13.6. The number of hydrogen-bond donors (Lipinski definition) is 0. The number of carbonyl (C=O) groups excluding carboxylic acids is 1. The third-order valence-corrected chi connectivity index (χ3v) is 3.16. The lowest BCUT2D eigenvalue weighted by Crippen LogP contribution is -2.24. The van der Waals surface area contributed by atoms with Gasteiger partial charge in [-0.15, -0.1) is 0 Å². The molecule has 1 aliphatic rings. The van der Waals surface area contributed by atoms with Crippen molar-refractivity contribution in [2.24, 2.45) is 11.8 Å². The van der Waals surface area contributed by atoms with Crippen molar-refractivity contribution in [3.63, 3.8) is 0 Å². The van der Waals surface area contributed by atoms with E-state index in [1.165, 1.54) is 0 Å². The van der Waals surface area contributed by atoms with Crippen LogP contribution >= 0.6 is 0 Å². The molecule has 0 aromatic heterocycles. The van der Waals surface area contributed by atoms with Crippen molar-refractivity contribution in [1.29, 1.82) is 0 Å². The highest BCUT2D eigenvalue weighted by Crippen LogP contribution is 2.28. The lowest BCUT2D eigenvalue weighted by molar-refractivity contribution is -0.180. The minimum absolute atomic E-state index is 0.202. The maximum Gasteiger partial charge on any atom is 0.392 e. The Morgan fingerprint density at radius 3 is 2.56 bits per heavy atom. The summed E-state index contributed by atoms with van der Waals surface area (Å²) in [6.07, 6.45) is -2.38. The summed E-state index contributed by atoms with van der Waals surface area (Å²) in [6.45, 7) is 2.61. The standard InChI is InChI=1S/C12H19F3O3/c1-9(12(13,14)15)8-11(16)18-7-4-10-2-5-17-6-3-10/h9-10H,2-8H2,1H3. The molecular formula is C12H19F3O3. The molecule has 0 aromatic carbocycles. The molecule has 106 valence electrons. The van der Waals surface area contributed by atoms with E-state index in [1.54, 1.807) is 0 Å². The summed E-state index contributed by atoms with van der Waals surface area (Å²) in [5, 5.41) is 0. The fraction of sp³-hybridized carbons (Fsp3) is 0.917. The molecular weight excluding hydrogens is 249 g/mol. The van der Waals surface area contributed by atoms with Crippen molar-refractivity contribution in [3.05, 3.63) is 0 Å². The summed E-state index contributed by atoms with van der Waals surface area (Å²) in [5.41, 5.74) is 0. The minimum Gasteiger partial charge on any atom is -0.466 e. The molecule has 1 aliphatic heterocycles. The predicted octanol–water partition coefficient (Wildman–Crippen LogP) is 2.93. The predicted molar refractivity (Wildman–Crippen MR) is 59.0 cm³/mol. The van der Waals surface area contributed by atoms with Crippen LogP contribution in [-0.4, -0.2) is 32.0 Å². The smallest absolute Gasteiger partial charge is 0.392 e. The maximum absolute atomic E-state index is 12.2. The van der Waals surface area contributed by atoms with E-state index in [0.29, 0.717) is 25.6 Å². The number of carbonyl (C=O) groups is 1. The fourth-order valence-corrected chi connectivity index (χ4v) is 1.80. The second-order valence-corrected chi connectivity index (χ2v) is 4.71. The summed E-state index contributed by atoms with van der Waals surface area (Å²) in [7, 11) is 0. The molecule has 18 heavy (non-hydrogen) atoms. The lowest BCUT2D eigenvalue weighted by atomic mass is 9.97. The SMILES string of the molecule is CC(CC(=O)OCCC1CCOCC1)C(F)(F)F. The summed E-state index contributed by atoms with van der Waals surface area (Å²) >= 11 is 0. The number of esters is 1. The van der Waals surface area contributed by atoms with E-state index in [0.717, 1.165) is 19.8 Å². The average Bonchev–Trinajstić information content (AvgIpc) is 2.29. The van der Waals surface area contributed by atoms with Crippen molar-refractivity contribution in [1.82, 2.24) is 0 Å². The molecule has 3 nitrogen and oxygen atoms in total. The number of hydrogen-bond acceptors (Lipinski definition) is 3. The Bertz CT molecular complexity index is 260. The second kappa shape index (κ2) is 6.97. The average molecular weight is 268 g/mol. The van der Waals surface area contributed by atoms with Gasteiger partial charge < -0.3 is 9.47 Å². The van der Waals surface area contributed by atoms with E-state index in [9.17, 15) is 18.0 Å². The van der Waals surface area contributed by atoms with Gasteiger partial charge in [0.15, 0.2) is 0 Å². The molecule has 0 aromatic rings. The molecule has 1 atom stereocenters. The van der Waals surface area contributed by atoms with Gasteiger partial charge >= 0.3 is 12.1 Å². The molecule has 1 rings (SSSR count). The largest absolute Gasteiger partial charge is 0.466 e. The molecule has 0 spiro atoms. The molecule has 0 N–H and O–H groups in total. The molecule has 0 amide bonds. The van der Waals surface area contributed by atoms with Gasteiger partial charge in [-0.2, -0.15) is 13.2 Å². The van der Waals surface area contributed by atoms with E-state index in [-0.39, 0.29) is 6.61 Å². The molecule has 6 heteroatoms. The van der Waals surface area contributed by atoms with Crippen LogP contribution < -0.4 is 0 Å². The van der Waals surface area contributed by atoms with Gasteiger partial charge in [-0.1, -0.05) is 6.92 Å². The Balaban J connectivity index is 2.13. The Morgan fingerprint density at radius 2 is 2.00 bits per heavy atom. The third-order valence-electron chi connectivity index (χ3n) is 3.16. The lowest BCUT2D eigenvalue weighted by Gasteiger charge is -2.21. The van der Waals surface area contributed by atoms with Gasteiger partial charge in [0.1, 0.15) is 0 Å². The highest BCUT2D eigenvalue weighted by Gasteiger charge is 2.37. The fourth-order valence-electron chi connectivity index (χ4n) is 1.80. The van der Waals surface area contributed by atoms with Crippen LogP contribution in [0.15, 0.2) is 0 Å². The van der Waals surface area contributed by atoms with Crippen LogP contribution in [0.25, 0.3) is 0 Å². The number of halogens is 3. The maximum atomic E-state index is 12.2. The third kappa shape index (κ3) is 5.71. The Labute approximate surface area is 105 Å². The highest BCUT2D eigenvalue weighted by atomic mass is 19.4. The van der Waals surface area contributed by atoms with Crippen molar-refractivity contribution in [2.45, 2.75) is 38.8 Å². The summed E-state index contributed by atoms with van der Waals surface area (Å²) < 4.78 is 46.6. The van der Waals surface area contributed by atoms with Gasteiger partial charge in [0.05, 0.1) is 18.9 Å². The summed E-state index contributed by atoms with van der Waals surface area (Å²) in [4.78, 5) is 11.2. The second-order valence-electron chi connectivity index (χ2n) is 4.71. The topological polar surface area (TPSA) is 35.5 Å². The van der Waals surface area contributed by atoms with Gasteiger partial charge in [-0.25, -0.2) is 0 Å². The molecule has 1 saturated heterocycles. The zero-order valence-corrected chi connectivity index (χ0v) is 10.5. The van der Waals surface area contributed by atoms with Crippen LogP contribution in [0.4, 0.5) is 13.2 Å². The van der Waals surface area contributed by atoms with Crippen molar-refractivity contribution in [2.75, 3.05) is 19.8 Å². The van der Waals surface area contributed by atoms with E-state index in [2.05, 4.69) is 0 Å². The number of ether oxygens (including phenoxy) is 2. The molecule has 1 fully saturated rings. The van der Waals surface area contributed by atoms with Crippen molar-refractivity contribution in [3.8, 4) is 0 Å². The van der Waals surface area contributed by atoms with E-state index in [1.807, 2.05) is 0 Å². The number of rotatable bonds is 5. The van der Waals surface area contributed by atoms with Crippen LogP contribution in [0.2, 0.25) is 0 Å². The highest BCUT2D eigenvalue weighted by molar-refractivity contribution is 5.69.